The van der Waals surface area contributed by atoms with Crippen molar-refractivity contribution in [2.45, 2.75) is 6.92 Å². The Morgan fingerprint density at radius 1 is 1.43 bits per heavy atom. The highest BCUT2D eigenvalue weighted by Crippen LogP contribution is 2.16. The highest BCUT2D eigenvalue weighted by Gasteiger charge is 2.37. The smallest absolute Gasteiger partial charge is 0.234 e. The van der Waals surface area contributed by atoms with Gasteiger partial charge in [0, 0.05) is 5.20 Å². The molecule has 0 spiro atoms. The molecule has 0 N–H and O–H groups in total. The normalized spacial score (nSPS) is 11.4. The molecule has 0 radical (unpaired) electrons. The fourth-order valence-electron chi connectivity index (χ4n) is 0. The average Bonchev–Trinajstić information content (AvgIpc) is 1.31. The zero-order valence-electron chi connectivity index (χ0n) is 3.84. The maximum atomic E-state index is 11.2. The van der Waals surface area contributed by atoms with E-state index in [9.17, 15) is 12.3 Å². The largest absolute Gasteiger partial charge is 0.648 e. The summed E-state index contributed by atoms with van der Waals surface area (Å²) >= 11 is 0. The van der Waals surface area contributed by atoms with E-state index < -0.39 is 14.3 Å². The molecular weight excluding hydrogens is 121 g/mol. The first-order valence-corrected chi connectivity index (χ1v) is 3.30. The Labute approximate surface area is 41.2 Å². The van der Waals surface area contributed by atoms with Gasteiger partial charge in [-0.1, -0.05) is 6.58 Å². The fourth-order valence-corrected chi connectivity index (χ4v) is 0. The van der Waals surface area contributed by atoms with E-state index in [4.69, 9.17) is 0 Å². The first-order chi connectivity index (χ1) is 2.94. The van der Waals surface area contributed by atoms with Crippen LogP contribution in [-0.4, -0.2) is 9.08 Å². The molecule has 0 fully saturated rings. The summed E-state index contributed by atoms with van der Waals surface area (Å²) < 4.78 is 33.7. The third-order valence-corrected chi connectivity index (χ3v) is 1.45. The fraction of sp³-hybridized carbons (Fsp3) is 0.333. The summed E-state index contributed by atoms with van der Waals surface area (Å²) in [5.41, 5.74) is 0. The minimum absolute atomic E-state index is 0.618. The summed E-state index contributed by atoms with van der Waals surface area (Å²) in [7, 11) is -5.43. The first kappa shape index (κ1) is 6.75. The van der Waals surface area contributed by atoms with Crippen molar-refractivity contribution in [3.63, 3.8) is 0 Å². The highest BCUT2D eigenvalue weighted by molar-refractivity contribution is 6.66. The maximum Gasteiger partial charge on any atom is 0.648 e. The van der Waals surface area contributed by atoms with Gasteiger partial charge in [0.15, 0.2) is 0 Å². The third-order valence-electron chi connectivity index (χ3n) is 0.484. The van der Waals surface area contributed by atoms with Gasteiger partial charge in [-0.3, -0.25) is 0 Å². The Morgan fingerprint density at radius 2 is 1.57 bits per heavy atom. The van der Waals surface area contributed by atoms with Crippen molar-refractivity contribution in [2.24, 2.45) is 0 Å². The molecule has 0 aromatic rings. The van der Waals surface area contributed by atoms with Gasteiger partial charge in [-0.25, -0.2) is 12.3 Å². The number of hydrogen-bond acceptors (Lipinski definition) is 0. The van der Waals surface area contributed by atoms with Gasteiger partial charge in [0.05, 0.1) is 0 Å². The van der Waals surface area contributed by atoms with Crippen LogP contribution in [0.1, 0.15) is 6.92 Å². The zero-order chi connectivity index (χ0) is 6.08. The Morgan fingerprint density at radius 3 is 1.57 bits per heavy atom. The van der Waals surface area contributed by atoms with E-state index in [0.29, 0.717) is 0 Å². The topological polar surface area (TPSA) is 0 Å². The number of hydrogen-bond donors (Lipinski definition) is 0. The molecule has 0 atom stereocenters. The molecule has 0 heterocycles. The van der Waals surface area contributed by atoms with Crippen LogP contribution in [0.25, 0.3) is 0 Å². The molecule has 7 heavy (non-hydrogen) atoms. The summed E-state index contributed by atoms with van der Waals surface area (Å²) in [6, 6.07) is 0. The van der Waals surface area contributed by atoms with E-state index in [2.05, 4.69) is 6.58 Å². The molecule has 0 amide bonds. The molecule has 0 saturated carbocycles. The van der Waals surface area contributed by atoms with Gasteiger partial charge in [-0.05, 0) is 6.92 Å². The van der Waals surface area contributed by atoms with E-state index >= 15 is 0 Å². The Balaban J connectivity index is 3.79. The van der Waals surface area contributed by atoms with Gasteiger partial charge in [0.25, 0.3) is 0 Å². The van der Waals surface area contributed by atoms with Gasteiger partial charge < -0.3 is 0 Å². The lowest BCUT2D eigenvalue weighted by Crippen LogP contribution is -2.15. The summed E-state index contributed by atoms with van der Waals surface area (Å²) in [5.74, 6) is 0. The van der Waals surface area contributed by atoms with Gasteiger partial charge in [0.2, 0.25) is 0 Å². The molecule has 4 heteroatoms. The predicted octanol–water partition coefficient (Wildman–Crippen LogP) is 1.95. The van der Waals surface area contributed by atoms with Crippen LogP contribution in [0.5, 0.6) is 0 Å². The second-order valence-corrected chi connectivity index (χ2v) is 3.13. The van der Waals surface area contributed by atoms with Crippen LogP contribution in [0.2, 0.25) is 0 Å². The number of rotatable bonds is 1. The van der Waals surface area contributed by atoms with E-state index in [1.807, 2.05) is 0 Å². The minimum Gasteiger partial charge on any atom is -0.234 e. The SMILES string of the molecule is C=C(C)[Si](F)(F)F. The van der Waals surface area contributed by atoms with Crippen molar-refractivity contribution >= 4 is 9.08 Å². The van der Waals surface area contributed by atoms with E-state index in [0.717, 1.165) is 6.92 Å². The summed E-state index contributed by atoms with van der Waals surface area (Å²) in [6.07, 6.45) is 0. The molecule has 0 aliphatic heterocycles. The zero-order valence-corrected chi connectivity index (χ0v) is 4.84. The summed E-state index contributed by atoms with van der Waals surface area (Å²) in [4.78, 5) is 0. The van der Waals surface area contributed by atoms with Crippen molar-refractivity contribution in [2.75, 3.05) is 0 Å². The van der Waals surface area contributed by atoms with Crippen LogP contribution < -0.4 is 0 Å². The molecule has 0 saturated heterocycles. The molecule has 0 unspecified atom stereocenters. The van der Waals surface area contributed by atoms with Crippen LogP contribution >= 0.6 is 0 Å². The van der Waals surface area contributed by atoms with Gasteiger partial charge in [-0.15, -0.1) is 0 Å². The summed E-state index contributed by atoms with van der Waals surface area (Å²) in [5, 5.41) is -0.618. The molecule has 0 aromatic carbocycles. The lowest BCUT2D eigenvalue weighted by Gasteiger charge is -1.95. The maximum absolute atomic E-state index is 11.2. The highest BCUT2D eigenvalue weighted by atomic mass is 28.5. The predicted molar refractivity (Wildman–Crippen MR) is 23.9 cm³/mol. The summed E-state index contributed by atoms with van der Waals surface area (Å²) in [6.45, 7) is 3.76. The first-order valence-electron chi connectivity index (χ1n) is 1.67. The molecule has 0 nitrogen and oxygen atoms in total. The van der Waals surface area contributed by atoms with Gasteiger partial charge >= 0.3 is 9.08 Å². The van der Waals surface area contributed by atoms with E-state index in [1.165, 1.54) is 0 Å². The van der Waals surface area contributed by atoms with Crippen molar-refractivity contribution in [1.29, 1.82) is 0 Å². The lowest BCUT2D eigenvalue weighted by molar-refractivity contribution is 0.490. The van der Waals surface area contributed by atoms with Crippen LogP contribution in [0.4, 0.5) is 12.3 Å². The molecule has 0 bridgehead atoms. The van der Waals surface area contributed by atoms with Crippen molar-refractivity contribution in [3.8, 4) is 0 Å². The quantitative estimate of drug-likeness (QED) is 0.372. The van der Waals surface area contributed by atoms with Crippen LogP contribution in [0.3, 0.4) is 0 Å². The molecule has 0 aromatic heterocycles. The number of allylic oxidation sites excluding steroid dienone is 1. The lowest BCUT2D eigenvalue weighted by atomic mass is 10.8. The monoisotopic (exact) mass is 126 g/mol. The average molecular weight is 126 g/mol. The molecule has 0 aliphatic carbocycles. The molecular formula is C3H5F3Si. The second kappa shape index (κ2) is 1.69. The second-order valence-electron chi connectivity index (χ2n) is 1.28. The Kier molecular flexibility index (Phi) is 1.63. The van der Waals surface area contributed by atoms with Crippen LogP contribution in [0.15, 0.2) is 11.8 Å². The van der Waals surface area contributed by atoms with Gasteiger partial charge in [-0.2, -0.15) is 0 Å². The number of halogens is 3. The van der Waals surface area contributed by atoms with E-state index in [-0.39, 0.29) is 0 Å². The van der Waals surface area contributed by atoms with E-state index in [1.54, 1.807) is 0 Å². The third kappa shape index (κ3) is 2.44. The molecule has 0 rings (SSSR count). The van der Waals surface area contributed by atoms with Crippen molar-refractivity contribution in [3.05, 3.63) is 11.8 Å². The van der Waals surface area contributed by atoms with Crippen molar-refractivity contribution in [1.82, 2.24) is 0 Å². The standard InChI is InChI=1S/C3H5F3Si/c1-3(2)7(4,5)6/h1H2,2H3. The Hall–Kier alpha value is -0.253. The van der Waals surface area contributed by atoms with Crippen molar-refractivity contribution < 1.29 is 12.3 Å². The molecule has 42 valence electrons. The van der Waals surface area contributed by atoms with Crippen LogP contribution in [-0.2, 0) is 0 Å². The molecule has 0 aliphatic rings. The van der Waals surface area contributed by atoms with Crippen LogP contribution in [0, 0.1) is 0 Å². The van der Waals surface area contributed by atoms with Gasteiger partial charge in [0.1, 0.15) is 0 Å². The minimum atomic E-state index is -5.43. The Bertz CT molecular complexity index is 82.7.